The molecule has 0 unspecified atom stereocenters. The van der Waals surface area contributed by atoms with Gasteiger partial charge in [-0.05, 0) is 12.1 Å². The van der Waals surface area contributed by atoms with Crippen molar-refractivity contribution in [3.63, 3.8) is 0 Å². The molecular weight excluding hydrogens is 226 g/mol. The van der Waals surface area contributed by atoms with E-state index in [9.17, 15) is 4.79 Å². The van der Waals surface area contributed by atoms with Crippen LogP contribution >= 0.6 is 11.6 Å². The molecule has 0 atom stereocenters. The Bertz CT molecular complexity index is 577. The first-order valence-electron chi connectivity index (χ1n) is 4.89. The molecule has 5 heteroatoms. The van der Waals surface area contributed by atoms with Crippen molar-refractivity contribution >= 4 is 22.5 Å². The van der Waals surface area contributed by atoms with Crippen LogP contribution in [-0.4, -0.2) is 23.8 Å². The first-order valence-corrected chi connectivity index (χ1v) is 5.43. The maximum absolute atomic E-state index is 12.2. The number of hydrogen-bond acceptors (Lipinski definition) is 3. The summed E-state index contributed by atoms with van der Waals surface area (Å²) < 4.78 is 1.48. The molecule has 0 N–H and O–H groups in total. The van der Waals surface area contributed by atoms with Gasteiger partial charge in [0.1, 0.15) is 5.82 Å². The van der Waals surface area contributed by atoms with Crippen LogP contribution in [0.15, 0.2) is 29.1 Å². The van der Waals surface area contributed by atoms with Gasteiger partial charge >= 0.3 is 0 Å². The largest absolute Gasteiger partial charge is 0.314 e. The van der Waals surface area contributed by atoms with Crippen LogP contribution in [0.3, 0.4) is 0 Å². The molecular formula is C11H12ClN3O. The van der Waals surface area contributed by atoms with Gasteiger partial charge in [-0.1, -0.05) is 12.1 Å². The Morgan fingerprint density at radius 3 is 2.69 bits per heavy atom. The third-order valence-electron chi connectivity index (χ3n) is 2.34. The number of fused-ring (bicyclic) bond motifs is 1. The molecule has 0 saturated heterocycles. The predicted octanol–water partition coefficient (Wildman–Crippen LogP) is 1.33. The molecule has 4 nitrogen and oxygen atoms in total. The van der Waals surface area contributed by atoms with Gasteiger partial charge in [-0.3, -0.25) is 4.79 Å². The second kappa shape index (κ2) is 4.14. The lowest BCUT2D eigenvalue weighted by Crippen LogP contribution is -2.38. The number of halogens is 1. The number of para-hydroxylation sites is 1. The quantitative estimate of drug-likeness (QED) is 0.740. The van der Waals surface area contributed by atoms with Gasteiger partial charge in [0.2, 0.25) is 0 Å². The van der Waals surface area contributed by atoms with Gasteiger partial charge < -0.3 is 5.01 Å². The van der Waals surface area contributed by atoms with Gasteiger partial charge in [0.15, 0.2) is 0 Å². The van der Waals surface area contributed by atoms with E-state index in [2.05, 4.69) is 4.98 Å². The molecule has 0 amide bonds. The molecule has 1 aromatic carbocycles. The Morgan fingerprint density at radius 1 is 1.38 bits per heavy atom. The smallest absolute Gasteiger partial charge is 0.280 e. The minimum Gasteiger partial charge on any atom is -0.314 e. The topological polar surface area (TPSA) is 38.1 Å². The molecule has 0 aliphatic carbocycles. The molecule has 16 heavy (non-hydrogen) atoms. The minimum atomic E-state index is -0.0914. The number of hydrogen-bond donors (Lipinski definition) is 0. The van der Waals surface area contributed by atoms with Gasteiger partial charge in [-0.15, -0.1) is 11.6 Å². The van der Waals surface area contributed by atoms with Crippen molar-refractivity contribution in [1.29, 1.82) is 0 Å². The standard InChI is InChI=1S/C11H12ClN3O/c1-14(2)15-10(7-12)13-9-6-4-3-5-8(9)11(15)16/h3-6H,7H2,1-2H3. The van der Waals surface area contributed by atoms with E-state index in [4.69, 9.17) is 11.6 Å². The third-order valence-corrected chi connectivity index (χ3v) is 2.58. The molecule has 0 radical (unpaired) electrons. The van der Waals surface area contributed by atoms with E-state index >= 15 is 0 Å². The van der Waals surface area contributed by atoms with Crippen LogP contribution in [0.25, 0.3) is 10.9 Å². The lowest BCUT2D eigenvalue weighted by molar-refractivity contribution is 0.659. The zero-order valence-corrected chi connectivity index (χ0v) is 9.90. The molecule has 0 aliphatic rings. The lowest BCUT2D eigenvalue weighted by Gasteiger charge is -2.19. The summed E-state index contributed by atoms with van der Waals surface area (Å²) in [5, 5.41) is 2.28. The average molecular weight is 238 g/mol. The Kier molecular flexibility index (Phi) is 2.83. The molecule has 0 saturated carbocycles. The van der Waals surface area contributed by atoms with E-state index in [0.29, 0.717) is 16.7 Å². The molecule has 1 aromatic heterocycles. The number of rotatable bonds is 2. The number of nitrogens with zero attached hydrogens (tertiary/aromatic N) is 3. The maximum Gasteiger partial charge on any atom is 0.280 e. The van der Waals surface area contributed by atoms with E-state index in [1.807, 2.05) is 18.2 Å². The third kappa shape index (κ3) is 1.65. The van der Waals surface area contributed by atoms with Gasteiger partial charge in [-0.2, -0.15) is 0 Å². The molecule has 84 valence electrons. The van der Waals surface area contributed by atoms with Crippen LogP contribution in [0.2, 0.25) is 0 Å². The van der Waals surface area contributed by atoms with Gasteiger partial charge in [0, 0.05) is 14.1 Å². The van der Waals surface area contributed by atoms with E-state index in [-0.39, 0.29) is 11.4 Å². The van der Waals surface area contributed by atoms with Crippen LogP contribution < -0.4 is 10.6 Å². The molecule has 2 aromatic rings. The summed E-state index contributed by atoms with van der Waals surface area (Å²) in [5.74, 6) is 0.758. The van der Waals surface area contributed by atoms with E-state index in [1.54, 1.807) is 25.2 Å². The summed E-state index contributed by atoms with van der Waals surface area (Å²) in [5.41, 5.74) is 0.590. The number of aromatic nitrogens is 2. The molecule has 2 rings (SSSR count). The van der Waals surface area contributed by atoms with Crippen molar-refractivity contribution in [1.82, 2.24) is 9.66 Å². The fraction of sp³-hybridized carbons (Fsp3) is 0.273. The molecule has 1 heterocycles. The van der Waals surface area contributed by atoms with Crippen LogP contribution in [0.5, 0.6) is 0 Å². The van der Waals surface area contributed by atoms with E-state index in [0.717, 1.165) is 0 Å². The summed E-state index contributed by atoms with van der Waals surface area (Å²) in [4.78, 5) is 16.5. The van der Waals surface area contributed by atoms with Crippen molar-refractivity contribution in [2.75, 3.05) is 19.1 Å². The fourth-order valence-electron chi connectivity index (χ4n) is 1.67. The van der Waals surface area contributed by atoms with Crippen molar-refractivity contribution in [3.05, 3.63) is 40.4 Å². The van der Waals surface area contributed by atoms with Gasteiger partial charge in [0.25, 0.3) is 5.56 Å². The molecule has 0 aliphatic heterocycles. The van der Waals surface area contributed by atoms with Crippen molar-refractivity contribution < 1.29 is 0 Å². The highest BCUT2D eigenvalue weighted by Crippen LogP contribution is 2.08. The lowest BCUT2D eigenvalue weighted by atomic mass is 10.2. The fourth-order valence-corrected chi connectivity index (χ4v) is 1.84. The van der Waals surface area contributed by atoms with Crippen LogP contribution in [0.1, 0.15) is 5.82 Å². The van der Waals surface area contributed by atoms with Crippen LogP contribution in [0, 0.1) is 0 Å². The summed E-state index contributed by atoms with van der Waals surface area (Å²) in [6, 6.07) is 7.26. The van der Waals surface area contributed by atoms with E-state index < -0.39 is 0 Å². The number of benzene rings is 1. The molecule has 0 spiro atoms. The summed E-state index contributed by atoms with van der Waals surface area (Å²) >= 11 is 5.80. The SMILES string of the molecule is CN(C)n1c(CCl)nc2ccccc2c1=O. The van der Waals surface area contributed by atoms with Crippen LogP contribution in [0.4, 0.5) is 0 Å². The summed E-state index contributed by atoms with van der Waals surface area (Å²) in [6.07, 6.45) is 0. The zero-order valence-electron chi connectivity index (χ0n) is 9.14. The minimum absolute atomic E-state index is 0.0914. The molecule has 0 bridgehead atoms. The van der Waals surface area contributed by atoms with Gasteiger partial charge in [0.05, 0.1) is 16.8 Å². The highest BCUT2D eigenvalue weighted by Gasteiger charge is 2.10. The Labute approximate surface area is 98.1 Å². The average Bonchev–Trinajstić information content (AvgIpc) is 2.28. The highest BCUT2D eigenvalue weighted by atomic mass is 35.5. The second-order valence-corrected chi connectivity index (χ2v) is 3.91. The molecule has 0 fully saturated rings. The number of alkyl halides is 1. The van der Waals surface area contributed by atoms with Gasteiger partial charge in [-0.25, -0.2) is 9.66 Å². The summed E-state index contributed by atoms with van der Waals surface area (Å²) in [6.45, 7) is 0. The first-order chi connectivity index (χ1) is 7.65. The van der Waals surface area contributed by atoms with Crippen molar-refractivity contribution in [2.24, 2.45) is 0 Å². The van der Waals surface area contributed by atoms with E-state index in [1.165, 1.54) is 4.68 Å². The normalized spacial score (nSPS) is 10.7. The predicted molar refractivity (Wildman–Crippen MR) is 65.6 cm³/mol. The Morgan fingerprint density at radius 2 is 2.06 bits per heavy atom. The van der Waals surface area contributed by atoms with Crippen LogP contribution in [-0.2, 0) is 5.88 Å². The highest BCUT2D eigenvalue weighted by molar-refractivity contribution is 6.16. The maximum atomic E-state index is 12.2. The second-order valence-electron chi connectivity index (χ2n) is 3.64. The zero-order chi connectivity index (χ0) is 11.7. The first kappa shape index (κ1) is 11.0. The Hall–Kier alpha value is -1.55. The Balaban J connectivity index is 2.88. The van der Waals surface area contributed by atoms with Crippen molar-refractivity contribution in [2.45, 2.75) is 5.88 Å². The monoisotopic (exact) mass is 237 g/mol. The van der Waals surface area contributed by atoms with Crippen molar-refractivity contribution in [3.8, 4) is 0 Å². The summed E-state index contributed by atoms with van der Waals surface area (Å²) in [7, 11) is 3.57.